The molecule has 1 aromatic carbocycles. The number of hydrogen-bond donors (Lipinski definition) is 1. The van der Waals surface area contributed by atoms with Crippen LogP contribution in [0.4, 0.5) is 0 Å². The highest BCUT2D eigenvalue weighted by atomic mass is 32.2. The predicted octanol–water partition coefficient (Wildman–Crippen LogP) is 3.31. The number of rotatable bonds is 6. The Morgan fingerprint density at radius 2 is 1.74 bits per heavy atom. The van der Waals surface area contributed by atoms with Crippen LogP contribution in [0.5, 0.6) is 11.5 Å². The summed E-state index contributed by atoms with van der Waals surface area (Å²) in [6.07, 6.45) is 8.06. The van der Waals surface area contributed by atoms with Gasteiger partial charge in [-0.1, -0.05) is 12.8 Å². The molecule has 3 heterocycles. The standard InChI is InChI=1S/C22H24N4O4S/c27-31(28,19-5-6-21-22(14-19)30-12-11-29-21)24-15-17-13-20(16-7-9-23-10-8-16)26(25-17)18-3-1-2-4-18/h5-10,13-14,18,24H,1-4,11-12,15H2. The van der Waals surface area contributed by atoms with Gasteiger partial charge in [-0.3, -0.25) is 9.67 Å². The molecule has 0 unspecified atom stereocenters. The number of aromatic nitrogens is 3. The van der Waals surface area contributed by atoms with Gasteiger partial charge in [0, 0.05) is 24.0 Å². The van der Waals surface area contributed by atoms with Crippen molar-refractivity contribution in [1.82, 2.24) is 19.5 Å². The van der Waals surface area contributed by atoms with Crippen LogP contribution in [0.25, 0.3) is 11.3 Å². The molecular formula is C22H24N4O4S. The maximum atomic E-state index is 12.9. The highest BCUT2D eigenvalue weighted by Gasteiger charge is 2.23. The third-order valence-corrected chi connectivity index (χ3v) is 7.10. The van der Waals surface area contributed by atoms with E-state index in [1.807, 2.05) is 18.2 Å². The lowest BCUT2D eigenvalue weighted by Crippen LogP contribution is -2.24. The smallest absolute Gasteiger partial charge is 0.241 e. The molecule has 0 radical (unpaired) electrons. The summed E-state index contributed by atoms with van der Waals surface area (Å²) in [5.74, 6) is 1.00. The van der Waals surface area contributed by atoms with Gasteiger partial charge in [-0.15, -0.1) is 0 Å². The molecule has 1 fully saturated rings. The molecule has 1 saturated carbocycles. The molecule has 3 aromatic rings. The molecular weight excluding hydrogens is 416 g/mol. The van der Waals surface area contributed by atoms with Gasteiger partial charge >= 0.3 is 0 Å². The Morgan fingerprint density at radius 1 is 1.00 bits per heavy atom. The Labute approximate surface area is 181 Å². The van der Waals surface area contributed by atoms with Crippen LogP contribution in [0.2, 0.25) is 0 Å². The molecule has 1 aliphatic carbocycles. The van der Waals surface area contributed by atoms with E-state index in [0.717, 1.165) is 24.1 Å². The van der Waals surface area contributed by atoms with Crippen molar-refractivity contribution in [2.24, 2.45) is 0 Å². The Bertz CT molecular complexity index is 1170. The molecule has 1 aliphatic heterocycles. The predicted molar refractivity (Wildman–Crippen MR) is 114 cm³/mol. The van der Waals surface area contributed by atoms with Crippen LogP contribution in [-0.2, 0) is 16.6 Å². The summed E-state index contributed by atoms with van der Waals surface area (Å²) in [6.45, 7) is 0.968. The van der Waals surface area contributed by atoms with Crippen molar-refractivity contribution in [3.05, 3.63) is 54.5 Å². The van der Waals surface area contributed by atoms with Crippen molar-refractivity contribution in [1.29, 1.82) is 0 Å². The zero-order chi connectivity index (χ0) is 21.3. The third-order valence-electron chi connectivity index (χ3n) is 5.70. The molecule has 0 saturated heterocycles. The van der Waals surface area contributed by atoms with E-state index < -0.39 is 10.0 Å². The first-order valence-corrected chi connectivity index (χ1v) is 12.0. The lowest BCUT2D eigenvalue weighted by molar-refractivity contribution is 0.171. The average Bonchev–Trinajstić information content (AvgIpc) is 3.48. The van der Waals surface area contributed by atoms with Gasteiger partial charge in [0.25, 0.3) is 0 Å². The van der Waals surface area contributed by atoms with Crippen LogP contribution in [0.3, 0.4) is 0 Å². The number of fused-ring (bicyclic) bond motifs is 1. The Hall–Kier alpha value is -2.91. The zero-order valence-electron chi connectivity index (χ0n) is 17.0. The largest absolute Gasteiger partial charge is 0.486 e. The van der Waals surface area contributed by atoms with Crippen molar-refractivity contribution < 1.29 is 17.9 Å². The molecule has 162 valence electrons. The lowest BCUT2D eigenvalue weighted by Gasteiger charge is -2.18. The SMILES string of the molecule is O=S(=O)(NCc1cc(-c2ccncc2)n(C2CCCC2)n1)c1ccc2c(c1)OCCO2. The number of benzene rings is 1. The number of ether oxygens (including phenoxy) is 2. The second-order valence-electron chi connectivity index (χ2n) is 7.77. The van der Waals surface area contributed by atoms with Crippen molar-refractivity contribution in [3.63, 3.8) is 0 Å². The maximum absolute atomic E-state index is 12.9. The molecule has 9 heteroatoms. The van der Waals surface area contributed by atoms with Crippen LogP contribution >= 0.6 is 0 Å². The fraction of sp³-hybridized carbons (Fsp3) is 0.364. The number of pyridine rings is 1. The van der Waals surface area contributed by atoms with Crippen molar-refractivity contribution in [2.45, 2.75) is 43.2 Å². The van der Waals surface area contributed by atoms with Gasteiger partial charge in [-0.05, 0) is 43.2 Å². The molecule has 8 nitrogen and oxygen atoms in total. The van der Waals surface area contributed by atoms with Gasteiger partial charge < -0.3 is 9.47 Å². The first kappa shape index (κ1) is 20.0. The monoisotopic (exact) mass is 440 g/mol. The molecule has 0 amide bonds. The average molecular weight is 441 g/mol. The molecule has 31 heavy (non-hydrogen) atoms. The minimum Gasteiger partial charge on any atom is -0.486 e. The topological polar surface area (TPSA) is 95.3 Å². The Morgan fingerprint density at radius 3 is 2.52 bits per heavy atom. The summed E-state index contributed by atoms with van der Waals surface area (Å²) >= 11 is 0. The van der Waals surface area contributed by atoms with Gasteiger partial charge in [-0.2, -0.15) is 5.10 Å². The van der Waals surface area contributed by atoms with E-state index in [4.69, 9.17) is 14.6 Å². The summed E-state index contributed by atoms with van der Waals surface area (Å²) in [5, 5.41) is 4.76. The summed E-state index contributed by atoms with van der Waals surface area (Å²) < 4.78 is 41.4. The van der Waals surface area contributed by atoms with Crippen molar-refractivity contribution in [2.75, 3.05) is 13.2 Å². The van der Waals surface area contributed by atoms with E-state index in [2.05, 4.69) is 14.4 Å². The number of hydrogen-bond acceptors (Lipinski definition) is 6. The highest BCUT2D eigenvalue weighted by Crippen LogP contribution is 2.34. The zero-order valence-corrected chi connectivity index (χ0v) is 17.8. The van der Waals surface area contributed by atoms with E-state index in [0.29, 0.717) is 36.4 Å². The van der Waals surface area contributed by atoms with Crippen LogP contribution in [0.15, 0.2) is 53.7 Å². The van der Waals surface area contributed by atoms with Crippen LogP contribution in [0.1, 0.15) is 37.4 Å². The van der Waals surface area contributed by atoms with Gasteiger partial charge in [0.2, 0.25) is 10.0 Å². The minimum atomic E-state index is -3.72. The summed E-state index contributed by atoms with van der Waals surface area (Å²) in [7, 11) is -3.72. The van der Waals surface area contributed by atoms with Gasteiger partial charge in [0.15, 0.2) is 11.5 Å². The Kier molecular flexibility index (Phi) is 5.37. The van der Waals surface area contributed by atoms with E-state index in [1.165, 1.54) is 25.0 Å². The fourth-order valence-electron chi connectivity index (χ4n) is 4.14. The number of nitrogens with zero attached hydrogens (tertiary/aromatic N) is 3. The van der Waals surface area contributed by atoms with Crippen molar-refractivity contribution in [3.8, 4) is 22.8 Å². The Balaban J connectivity index is 1.38. The second kappa shape index (κ2) is 8.32. The van der Waals surface area contributed by atoms with Crippen molar-refractivity contribution >= 4 is 10.0 Å². The summed E-state index contributed by atoms with van der Waals surface area (Å²) in [6, 6.07) is 10.8. The maximum Gasteiger partial charge on any atom is 0.241 e. The molecule has 0 spiro atoms. The van der Waals surface area contributed by atoms with E-state index >= 15 is 0 Å². The summed E-state index contributed by atoms with van der Waals surface area (Å²) in [5.41, 5.74) is 2.69. The quantitative estimate of drug-likeness (QED) is 0.632. The molecule has 2 aromatic heterocycles. The molecule has 1 N–H and O–H groups in total. The fourth-order valence-corrected chi connectivity index (χ4v) is 5.15. The van der Waals surface area contributed by atoms with Gasteiger partial charge in [0.1, 0.15) is 13.2 Å². The number of sulfonamides is 1. The second-order valence-corrected chi connectivity index (χ2v) is 9.54. The lowest BCUT2D eigenvalue weighted by atomic mass is 10.1. The van der Waals surface area contributed by atoms with E-state index in [1.54, 1.807) is 18.5 Å². The molecule has 2 aliphatic rings. The third kappa shape index (κ3) is 4.15. The molecule has 0 bridgehead atoms. The normalized spacial score (nSPS) is 16.5. The minimum absolute atomic E-state index is 0.106. The van der Waals surface area contributed by atoms with Crippen LogP contribution < -0.4 is 14.2 Å². The molecule has 0 atom stereocenters. The van der Waals surface area contributed by atoms with E-state index in [9.17, 15) is 8.42 Å². The number of nitrogens with one attached hydrogen (secondary N) is 1. The van der Waals surface area contributed by atoms with E-state index in [-0.39, 0.29) is 11.4 Å². The van der Waals surface area contributed by atoms with Crippen LogP contribution in [-0.4, -0.2) is 36.4 Å². The first-order chi connectivity index (χ1) is 15.1. The highest BCUT2D eigenvalue weighted by molar-refractivity contribution is 7.89. The van der Waals surface area contributed by atoms with Crippen LogP contribution in [0, 0.1) is 0 Å². The first-order valence-electron chi connectivity index (χ1n) is 10.5. The molecule has 5 rings (SSSR count). The van der Waals surface area contributed by atoms with Gasteiger partial charge in [0.05, 0.1) is 28.9 Å². The van der Waals surface area contributed by atoms with Gasteiger partial charge in [-0.25, -0.2) is 13.1 Å². The summed E-state index contributed by atoms with van der Waals surface area (Å²) in [4.78, 5) is 4.24.